The molecule has 0 bridgehead atoms. The van der Waals surface area contributed by atoms with Crippen molar-refractivity contribution >= 4 is 5.91 Å². The first-order valence-corrected chi connectivity index (χ1v) is 5.60. The summed E-state index contributed by atoms with van der Waals surface area (Å²) < 4.78 is 1.72. The summed E-state index contributed by atoms with van der Waals surface area (Å²) in [6, 6.07) is 0. The van der Waals surface area contributed by atoms with Crippen LogP contribution in [-0.4, -0.2) is 34.1 Å². The highest BCUT2D eigenvalue weighted by molar-refractivity contribution is 5.92. The Morgan fingerprint density at radius 3 is 3.12 bits per heavy atom. The highest BCUT2D eigenvalue weighted by Gasteiger charge is 2.28. The molecule has 88 valence electrons. The van der Waals surface area contributed by atoms with Crippen molar-refractivity contribution in [2.45, 2.75) is 25.3 Å². The summed E-state index contributed by atoms with van der Waals surface area (Å²) >= 11 is 0. The number of carbonyl (C=O) groups is 1. The maximum atomic E-state index is 11.8. The van der Waals surface area contributed by atoms with Gasteiger partial charge in [-0.25, -0.2) is 4.98 Å². The molecule has 1 aliphatic heterocycles. The molecule has 0 spiro atoms. The van der Waals surface area contributed by atoms with E-state index in [1.54, 1.807) is 17.1 Å². The molecule has 1 aromatic rings. The SMILES string of the molecule is Cn1cncc1C(=O)NCC1(C)CCCN1. The molecule has 0 saturated carbocycles. The van der Waals surface area contributed by atoms with Crippen LogP contribution in [0.2, 0.25) is 0 Å². The fourth-order valence-electron chi connectivity index (χ4n) is 2.05. The molecule has 1 amide bonds. The Kier molecular flexibility index (Phi) is 2.96. The van der Waals surface area contributed by atoms with Crippen LogP contribution < -0.4 is 10.6 Å². The Bertz CT molecular complexity index is 379. The Balaban J connectivity index is 1.91. The van der Waals surface area contributed by atoms with Crippen LogP contribution in [-0.2, 0) is 7.05 Å². The average Bonchev–Trinajstić information content (AvgIpc) is 2.85. The van der Waals surface area contributed by atoms with Crippen molar-refractivity contribution in [3.8, 4) is 0 Å². The topological polar surface area (TPSA) is 59.0 Å². The van der Waals surface area contributed by atoms with E-state index in [2.05, 4.69) is 22.5 Å². The van der Waals surface area contributed by atoms with E-state index in [-0.39, 0.29) is 11.4 Å². The first-order valence-electron chi connectivity index (χ1n) is 5.60. The lowest BCUT2D eigenvalue weighted by molar-refractivity contribution is 0.0934. The fraction of sp³-hybridized carbons (Fsp3) is 0.636. The van der Waals surface area contributed by atoms with Crippen LogP contribution in [0, 0.1) is 0 Å². The number of nitrogens with one attached hydrogen (secondary N) is 2. The van der Waals surface area contributed by atoms with Crippen LogP contribution in [0.4, 0.5) is 0 Å². The molecule has 1 aromatic heterocycles. The van der Waals surface area contributed by atoms with E-state index in [0.29, 0.717) is 12.2 Å². The van der Waals surface area contributed by atoms with Gasteiger partial charge >= 0.3 is 0 Å². The number of nitrogens with zero attached hydrogens (tertiary/aromatic N) is 2. The van der Waals surface area contributed by atoms with Gasteiger partial charge in [0.05, 0.1) is 12.5 Å². The minimum Gasteiger partial charge on any atom is -0.349 e. The van der Waals surface area contributed by atoms with Gasteiger partial charge in [0, 0.05) is 19.1 Å². The number of aromatic nitrogens is 2. The van der Waals surface area contributed by atoms with Gasteiger partial charge in [0.1, 0.15) is 5.69 Å². The van der Waals surface area contributed by atoms with Crippen LogP contribution >= 0.6 is 0 Å². The Morgan fingerprint density at radius 1 is 1.75 bits per heavy atom. The standard InChI is InChI=1S/C11H18N4O/c1-11(4-3-5-14-11)7-13-10(16)9-6-12-8-15(9)2/h6,8,14H,3-5,7H2,1-2H3,(H,13,16). The Morgan fingerprint density at radius 2 is 2.56 bits per heavy atom. The first-order chi connectivity index (χ1) is 7.61. The second kappa shape index (κ2) is 4.25. The van der Waals surface area contributed by atoms with Crippen LogP contribution in [0.25, 0.3) is 0 Å². The number of hydrogen-bond donors (Lipinski definition) is 2. The molecular weight excluding hydrogens is 204 g/mol. The molecule has 1 aliphatic rings. The second-order valence-corrected chi connectivity index (χ2v) is 4.66. The first kappa shape index (κ1) is 11.1. The molecule has 1 atom stereocenters. The normalized spacial score (nSPS) is 24.6. The maximum Gasteiger partial charge on any atom is 0.269 e. The quantitative estimate of drug-likeness (QED) is 0.773. The lowest BCUT2D eigenvalue weighted by atomic mass is 10.0. The van der Waals surface area contributed by atoms with Gasteiger partial charge in [-0.3, -0.25) is 4.79 Å². The zero-order valence-corrected chi connectivity index (χ0v) is 9.79. The molecule has 2 N–H and O–H groups in total. The van der Waals surface area contributed by atoms with Gasteiger partial charge in [-0.15, -0.1) is 0 Å². The van der Waals surface area contributed by atoms with Crippen molar-refractivity contribution in [3.63, 3.8) is 0 Å². The van der Waals surface area contributed by atoms with E-state index in [9.17, 15) is 4.79 Å². The van der Waals surface area contributed by atoms with E-state index in [4.69, 9.17) is 0 Å². The molecule has 0 radical (unpaired) electrons. The number of aryl methyl sites for hydroxylation is 1. The molecule has 2 rings (SSSR count). The van der Waals surface area contributed by atoms with Gasteiger partial charge in [0.2, 0.25) is 0 Å². The molecule has 1 fully saturated rings. The van der Waals surface area contributed by atoms with Crippen LogP contribution in [0.5, 0.6) is 0 Å². The number of amides is 1. The summed E-state index contributed by atoms with van der Waals surface area (Å²) in [6.45, 7) is 3.85. The Hall–Kier alpha value is -1.36. The Labute approximate surface area is 95.2 Å². The molecule has 5 heteroatoms. The summed E-state index contributed by atoms with van der Waals surface area (Å²) in [7, 11) is 1.82. The third-order valence-electron chi connectivity index (χ3n) is 3.15. The molecule has 0 aliphatic carbocycles. The highest BCUT2D eigenvalue weighted by atomic mass is 16.1. The highest BCUT2D eigenvalue weighted by Crippen LogP contribution is 2.17. The fourth-order valence-corrected chi connectivity index (χ4v) is 2.05. The van der Waals surface area contributed by atoms with Crippen LogP contribution in [0.3, 0.4) is 0 Å². The predicted octanol–water partition coefficient (Wildman–Crippen LogP) is 0.292. The zero-order chi connectivity index (χ0) is 11.6. The van der Waals surface area contributed by atoms with Crippen molar-refractivity contribution in [3.05, 3.63) is 18.2 Å². The summed E-state index contributed by atoms with van der Waals surface area (Å²) in [6.07, 6.45) is 5.50. The van der Waals surface area contributed by atoms with E-state index in [1.165, 1.54) is 6.42 Å². The third kappa shape index (κ3) is 2.24. The summed E-state index contributed by atoms with van der Waals surface area (Å²) in [4.78, 5) is 15.8. The number of rotatable bonds is 3. The summed E-state index contributed by atoms with van der Waals surface area (Å²) in [5, 5.41) is 6.36. The van der Waals surface area contributed by atoms with Crippen molar-refractivity contribution in [2.75, 3.05) is 13.1 Å². The van der Waals surface area contributed by atoms with Crippen LogP contribution in [0.1, 0.15) is 30.3 Å². The van der Waals surface area contributed by atoms with Gasteiger partial charge in [0.25, 0.3) is 5.91 Å². The largest absolute Gasteiger partial charge is 0.349 e. The van der Waals surface area contributed by atoms with Crippen LogP contribution in [0.15, 0.2) is 12.5 Å². The van der Waals surface area contributed by atoms with Gasteiger partial charge in [-0.1, -0.05) is 0 Å². The molecule has 1 saturated heterocycles. The van der Waals surface area contributed by atoms with E-state index in [0.717, 1.165) is 13.0 Å². The van der Waals surface area contributed by atoms with E-state index in [1.807, 2.05) is 7.05 Å². The summed E-state index contributed by atoms with van der Waals surface area (Å²) in [5.41, 5.74) is 0.649. The van der Waals surface area contributed by atoms with Gasteiger partial charge in [-0.05, 0) is 26.3 Å². The van der Waals surface area contributed by atoms with Crippen molar-refractivity contribution in [1.82, 2.24) is 20.2 Å². The minimum atomic E-state index is -0.0603. The molecule has 0 aromatic carbocycles. The lowest BCUT2D eigenvalue weighted by Gasteiger charge is -2.24. The summed E-state index contributed by atoms with van der Waals surface area (Å²) in [5.74, 6) is -0.0603. The molecule has 1 unspecified atom stereocenters. The van der Waals surface area contributed by atoms with Gasteiger partial charge < -0.3 is 15.2 Å². The molecule has 16 heavy (non-hydrogen) atoms. The third-order valence-corrected chi connectivity index (χ3v) is 3.15. The lowest BCUT2D eigenvalue weighted by Crippen LogP contribution is -2.47. The molecular formula is C11H18N4O. The predicted molar refractivity (Wildman–Crippen MR) is 61.2 cm³/mol. The molecule has 5 nitrogen and oxygen atoms in total. The number of hydrogen-bond acceptors (Lipinski definition) is 3. The monoisotopic (exact) mass is 222 g/mol. The number of imidazole rings is 1. The van der Waals surface area contributed by atoms with E-state index >= 15 is 0 Å². The average molecular weight is 222 g/mol. The van der Waals surface area contributed by atoms with E-state index < -0.39 is 0 Å². The van der Waals surface area contributed by atoms with Crippen molar-refractivity contribution in [1.29, 1.82) is 0 Å². The van der Waals surface area contributed by atoms with Crippen molar-refractivity contribution in [2.24, 2.45) is 7.05 Å². The van der Waals surface area contributed by atoms with Gasteiger partial charge in [-0.2, -0.15) is 0 Å². The molecule has 2 heterocycles. The van der Waals surface area contributed by atoms with Gasteiger partial charge in [0.15, 0.2) is 0 Å². The zero-order valence-electron chi connectivity index (χ0n) is 9.79. The number of carbonyl (C=O) groups excluding carboxylic acids is 1. The second-order valence-electron chi connectivity index (χ2n) is 4.66. The maximum absolute atomic E-state index is 11.8. The van der Waals surface area contributed by atoms with Crippen molar-refractivity contribution < 1.29 is 4.79 Å². The smallest absolute Gasteiger partial charge is 0.269 e. The minimum absolute atomic E-state index is 0.0499.